The van der Waals surface area contributed by atoms with Gasteiger partial charge in [-0.15, -0.1) is 0 Å². The molecule has 1 saturated heterocycles. The number of hydrogen-bond donors (Lipinski definition) is 4. The number of nitrogens with one attached hydrogen (secondary N) is 2. The van der Waals surface area contributed by atoms with Gasteiger partial charge in [0.05, 0.1) is 25.3 Å². The molecule has 0 spiro atoms. The molecule has 0 atom stereocenters. The van der Waals surface area contributed by atoms with E-state index in [1.165, 1.54) is 0 Å². The average Bonchev–Trinajstić information content (AvgIpc) is 2.64. The lowest BCUT2D eigenvalue weighted by Gasteiger charge is -2.48. The number of carbonyl (C=O) groups excluding carboxylic acids is 1. The molecule has 1 aromatic heterocycles. The fraction of sp³-hybridized carbons (Fsp3) is 0.611. The van der Waals surface area contributed by atoms with E-state index in [2.05, 4.69) is 20.5 Å². The van der Waals surface area contributed by atoms with Gasteiger partial charge in [0.15, 0.2) is 0 Å². The average molecular weight is 378 g/mol. The van der Waals surface area contributed by atoms with Crippen molar-refractivity contribution in [3.05, 3.63) is 23.9 Å². The van der Waals surface area contributed by atoms with Crippen LogP contribution in [0.25, 0.3) is 0 Å². The van der Waals surface area contributed by atoms with Crippen LogP contribution in [0.1, 0.15) is 31.2 Å². The number of aliphatic hydroxyl groups is 1. The van der Waals surface area contributed by atoms with Gasteiger partial charge in [0.25, 0.3) is 0 Å². The third-order valence-electron chi connectivity index (χ3n) is 5.46. The molecular weight excluding hydrogens is 352 g/mol. The predicted octanol–water partition coefficient (Wildman–Crippen LogP) is 0.288. The van der Waals surface area contributed by atoms with Crippen LogP contribution < -0.4 is 15.4 Å². The maximum atomic E-state index is 11.6. The number of nitrogens with zero attached hydrogens (tertiary/aromatic N) is 2. The third kappa shape index (κ3) is 4.67. The van der Waals surface area contributed by atoms with Crippen molar-refractivity contribution in [1.29, 1.82) is 0 Å². The number of amides is 2. The van der Waals surface area contributed by atoms with Gasteiger partial charge in [-0.1, -0.05) is 0 Å². The van der Waals surface area contributed by atoms with Gasteiger partial charge in [-0.05, 0) is 31.7 Å². The number of carboxylic acid groups (broad SMARTS) is 1. The van der Waals surface area contributed by atoms with Gasteiger partial charge in [-0.3, -0.25) is 9.69 Å². The maximum Gasteiger partial charge on any atom is 0.405 e. The lowest BCUT2D eigenvalue weighted by molar-refractivity contribution is -0.122. The maximum absolute atomic E-state index is 11.6. The number of carbonyl (C=O) groups is 2. The van der Waals surface area contributed by atoms with Crippen LogP contribution in [0.2, 0.25) is 0 Å². The molecule has 1 aliphatic heterocycles. The predicted molar refractivity (Wildman–Crippen MR) is 96.5 cm³/mol. The summed E-state index contributed by atoms with van der Waals surface area (Å²) in [6, 6.07) is 4.08. The van der Waals surface area contributed by atoms with Gasteiger partial charge >= 0.3 is 6.09 Å². The van der Waals surface area contributed by atoms with Crippen molar-refractivity contribution in [3.8, 4) is 5.88 Å². The number of aromatic nitrogens is 1. The van der Waals surface area contributed by atoms with Gasteiger partial charge in [-0.25, -0.2) is 9.78 Å². The Morgan fingerprint density at radius 1 is 1.33 bits per heavy atom. The molecule has 1 aromatic rings. The second-order valence-electron chi connectivity index (χ2n) is 7.23. The molecule has 2 fully saturated rings. The molecule has 4 N–H and O–H groups in total. The van der Waals surface area contributed by atoms with E-state index in [-0.39, 0.29) is 18.5 Å². The van der Waals surface area contributed by atoms with Crippen LogP contribution in [0.5, 0.6) is 5.88 Å². The highest BCUT2D eigenvalue weighted by molar-refractivity contribution is 5.81. The second-order valence-corrected chi connectivity index (χ2v) is 7.23. The van der Waals surface area contributed by atoms with Crippen LogP contribution in [0.15, 0.2) is 18.3 Å². The van der Waals surface area contributed by atoms with Gasteiger partial charge < -0.3 is 25.6 Å². The number of pyridine rings is 1. The van der Waals surface area contributed by atoms with Crippen LogP contribution in [-0.2, 0) is 10.4 Å². The minimum atomic E-state index is -1.21. The highest BCUT2D eigenvalue weighted by Gasteiger charge is 2.40. The van der Waals surface area contributed by atoms with E-state index in [9.17, 15) is 14.7 Å². The Hall–Kier alpha value is -2.39. The summed E-state index contributed by atoms with van der Waals surface area (Å²) in [6.45, 7) is 1.29. The van der Waals surface area contributed by atoms with Crippen LogP contribution in [0.3, 0.4) is 0 Å². The molecule has 27 heavy (non-hydrogen) atoms. The first kappa shape index (κ1) is 19.4. The molecule has 2 amide bonds. The molecule has 3 rings (SSSR count). The van der Waals surface area contributed by atoms with Gasteiger partial charge in [0.1, 0.15) is 0 Å². The highest BCUT2D eigenvalue weighted by atomic mass is 16.5. The number of rotatable bonds is 6. The van der Waals surface area contributed by atoms with Crippen molar-refractivity contribution in [2.75, 3.05) is 26.7 Å². The summed E-state index contributed by atoms with van der Waals surface area (Å²) >= 11 is 0. The minimum absolute atomic E-state index is 0.0553. The van der Waals surface area contributed by atoms with Crippen molar-refractivity contribution >= 4 is 12.0 Å². The Bertz CT molecular complexity index is 667. The topological polar surface area (TPSA) is 124 Å². The monoisotopic (exact) mass is 378 g/mol. The smallest absolute Gasteiger partial charge is 0.405 e. The third-order valence-corrected chi connectivity index (χ3v) is 5.46. The van der Waals surface area contributed by atoms with Crippen molar-refractivity contribution in [2.45, 2.75) is 43.4 Å². The largest absolute Gasteiger partial charge is 0.481 e. The molecule has 9 heteroatoms. The van der Waals surface area contributed by atoms with Gasteiger partial charge in [-0.2, -0.15) is 0 Å². The van der Waals surface area contributed by atoms with Crippen molar-refractivity contribution < 1.29 is 24.5 Å². The Balaban J connectivity index is 1.42. The molecule has 0 bridgehead atoms. The van der Waals surface area contributed by atoms with E-state index in [0.29, 0.717) is 24.8 Å². The lowest BCUT2D eigenvalue weighted by atomic mass is 9.77. The van der Waals surface area contributed by atoms with E-state index in [1.54, 1.807) is 19.4 Å². The van der Waals surface area contributed by atoms with E-state index in [4.69, 9.17) is 9.84 Å². The first-order valence-electron chi connectivity index (χ1n) is 9.13. The molecule has 1 aliphatic carbocycles. The summed E-state index contributed by atoms with van der Waals surface area (Å²) in [6.07, 6.45) is 3.57. The Kier molecular flexibility index (Phi) is 5.81. The Morgan fingerprint density at radius 2 is 2.04 bits per heavy atom. The number of methoxy groups -OCH3 is 1. The van der Waals surface area contributed by atoms with Crippen LogP contribution in [-0.4, -0.2) is 70.9 Å². The zero-order valence-electron chi connectivity index (χ0n) is 15.4. The van der Waals surface area contributed by atoms with E-state index < -0.39 is 11.7 Å². The summed E-state index contributed by atoms with van der Waals surface area (Å²) in [4.78, 5) is 28.5. The fourth-order valence-corrected chi connectivity index (χ4v) is 3.85. The number of likely N-dealkylation sites (tertiary alicyclic amines) is 1. The van der Waals surface area contributed by atoms with E-state index >= 15 is 0 Å². The SMILES string of the molecule is COc1ccc(C2(O)CCC(N3CC(NC(=O)CNC(=O)O)C3)CC2)cn1. The molecule has 9 nitrogen and oxygen atoms in total. The first-order chi connectivity index (χ1) is 12.9. The van der Waals surface area contributed by atoms with Gasteiger partial charge in [0, 0.05) is 37.0 Å². The van der Waals surface area contributed by atoms with Crippen molar-refractivity contribution in [1.82, 2.24) is 20.5 Å². The molecule has 148 valence electrons. The molecule has 0 radical (unpaired) electrons. The van der Waals surface area contributed by atoms with Crippen molar-refractivity contribution in [2.24, 2.45) is 0 Å². The Morgan fingerprint density at radius 3 is 2.59 bits per heavy atom. The van der Waals surface area contributed by atoms with E-state index in [0.717, 1.165) is 31.5 Å². The first-order valence-corrected chi connectivity index (χ1v) is 9.13. The van der Waals surface area contributed by atoms with Crippen LogP contribution in [0.4, 0.5) is 4.79 Å². The molecule has 1 saturated carbocycles. The Labute approximate surface area is 157 Å². The molecule has 0 aromatic carbocycles. The summed E-state index contributed by atoms with van der Waals surface area (Å²) in [5, 5.41) is 24.3. The molecular formula is C18H26N4O5. The standard InChI is InChI=1S/C18H26N4O5/c1-27-16-3-2-12(8-19-16)18(26)6-4-14(5-7-18)22-10-13(11-22)21-15(23)9-20-17(24)25/h2-3,8,13-14,20,26H,4-7,9-11H2,1H3,(H,21,23)(H,24,25). The van der Waals surface area contributed by atoms with Crippen LogP contribution >= 0.6 is 0 Å². The zero-order valence-corrected chi connectivity index (χ0v) is 15.4. The summed E-state index contributed by atoms with van der Waals surface area (Å²) in [5.41, 5.74) is -0.0297. The summed E-state index contributed by atoms with van der Waals surface area (Å²) < 4.78 is 5.06. The van der Waals surface area contributed by atoms with Gasteiger partial charge in [0.2, 0.25) is 11.8 Å². The molecule has 2 aliphatic rings. The summed E-state index contributed by atoms with van der Waals surface area (Å²) in [7, 11) is 1.56. The number of hydrogen-bond acceptors (Lipinski definition) is 6. The second kappa shape index (κ2) is 8.10. The van der Waals surface area contributed by atoms with E-state index in [1.807, 2.05) is 6.07 Å². The normalized spacial score (nSPS) is 26.1. The quantitative estimate of drug-likeness (QED) is 0.561. The number of ether oxygens (including phenoxy) is 1. The van der Waals surface area contributed by atoms with Crippen molar-refractivity contribution in [3.63, 3.8) is 0 Å². The summed E-state index contributed by atoms with van der Waals surface area (Å²) in [5.74, 6) is 0.218. The fourth-order valence-electron chi connectivity index (χ4n) is 3.85. The minimum Gasteiger partial charge on any atom is -0.481 e. The van der Waals surface area contributed by atoms with Crippen LogP contribution in [0, 0.1) is 0 Å². The molecule has 0 unspecified atom stereocenters. The lowest BCUT2D eigenvalue weighted by Crippen LogP contribution is -2.63. The molecule has 2 heterocycles. The highest BCUT2D eigenvalue weighted by Crippen LogP contribution is 2.39. The zero-order chi connectivity index (χ0) is 19.4.